The van der Waals surface area contributed by atoms with Gasteiger partial charge in [-0.1, -0.05) is 166 Å². The third-order valence-corrected chi connectivity index (χ3v) is 11.8. The van der Waals surface area contributed by atoms with E-state index in [4.69, 9.17) is 4.42 Å². The lowest BCUT2D eigenvalue weighted by Gasteiger charge is -2.29. The Bertz CT molecular complexity index is 3130. The van der Waals surface area contributed by atoms with Gasteiger partial charge in [0.1, 0.15) is 11.2 Å². The molecule has 10 aromatic rings. The zero-order valence-electron chi connectivity index (χ0n) is 30.8. The lowest BCUT2D eigenvalue weighted by atomic mass is 9.82. The molecular weight excluding hydrogens is 667 g/mol. The maximum absolute atomic E-state index is 7.11. The van der Waals surface area contributed by atoms with E-state index in [1.807, 2.05) is 0 Å². The number of nitrogens with zero attached hydrogens (tertiary/aromatic N) is 1. The van der Waals surface area contributed by atoms with Crippen LogP contribution in [0.5, 0.6) is 0 Å². The molecule has 0 fully saturated rings. The fourth-order valence-electron chi connectivity index (χ4n) is 9.27. The second-order valence-corrected chi connectivity index (χ2v) is 15.2. The van der Waals surface area contributed by atoms with Crippen molar-refractivity contribution in [2.24, 2.45) is 0 Å². The van der Waals surface area contributed by atoms with Gasteiger partial charge in [-0.15, -0.1) is 0 Å². The fraction of sp³-hybridized carbons (Fsp3) is 0.0566. The summed E-state index contributed by atoms with van der Waals surface area (Å²) in [5.41, 5.74) is 14.9. The van der Waals surface area contributed by atoms with Crippen molar-refractivity contribution >= 4 is 60.5 Å². The molecule has 0 spiro atoms. The molecule has 0 aliphatic heterocycles. The summed E-state index contributed by atoms with van der Waals surface area (Å²) < 4.78 is 7.11. The van der Waals surface area contributed by atoms with E-state index in [0.717, 1.165) is 50.1 Å². The van der Waals surface area contributed by atoms with E-state index in [0.29, 0.717) is 0 Å². The zero-order chi connectivity index (χ0) is 36.7. The van der Waals surface area contributed by atoms with Gasteiger partial charge in [0.05, 0.1) is 16.8 Å². The Labute approximate surface area is 320 Å². The molecule has 260 valence electrons. The zero-order valence-corrected chi connectivity index (χ0v) is 30.8. The van der Waals surface area contributed by atoms with Crippen LogP contribution in [0.4, 0.5) is 17.1 Å². The quantitative estimate of drug-likeness (QED) is 0.177. The lowest BCUT2D eigenvalue weighted by molar-refractivity contribution is 0.660. The van der Waals surface area contributed by atoms with Gasteiger partial charge in [0.2, 0.25) is 0 Å². The van der Waals surface area contributed by atoms with Crippen LogP contribution in [0, 0.1) is 0 Å². The third-order valence-electron chi connectivity index (χ3n) is 11.8. The Balaban J connectivity index is 1.24. The fourth-order valence-corrected chi connectivity index (χ4v) is 9.27. The second-order valence-electron chi connectivity index (χ2n) is 15.2. The first-order valence-electron chi connectivity index (χ1n) is 19.1. The van der Waals surface area contributed by atoms with Crippen molar-refractivity contribution in [3.63, 3.8) is 0 Å². The van der Waals surface area contributed by atoms with Crippen LogP contribution in [0.1, 0.15) is 25.0 Å². The highest BCUT2D eigenvalue weighted by Gasteiger charge is 2.36. The van der Waals surface area contributed by atoms with E-state index < -0.39 is 0 Å². The monoisotopic (exact) mass is 703 g/mol. The highest BCUT2D eigenvalue weighted by molar-refractivity contribution is 6.26. The summed E-state index contributed by atoms with van der Waals surface area (Å²) in [7, 11) is 0. The molecule has 0 radical (unpaired) electrons. The minimum Gasteiger partial charge on any atom is -0.455 e. The van der Waals surface area contributed by atoms with E-state index in [1.165, 1.54) is 54.9 Å². The second kappa shape index (κ2) is 12.1. The van der Waals surface area contributed by atoms with Crippen LogP contribution in [-0.2, 0) is 5.41 Å². The van der Waals surface area contributed by atoms with Gasteiger partial charge in [0, 0.05) is 27.4 Å². The average Bonchev–Trinajstić information content (AvgIpc) is 3.74. The van der Waals surface area contributed by atoms with Crippen molar-refractivity contribution in [3.8, 4) is 33.4 Å². The van der Waals surface area contributed by atoms with E-state index in [-0.39, 0.29) is 5.41 Å². The van der Waals surface area contributed by atoms with Crippen LogP contribution in [0.15, 0.2) is 192 Å². The van der Waals surface area contributed by atoms with Gasteiger partial charge in [-0.25, -0.2) is 0 Å². The normalized spacial score (nSPS) is 13.1. The maximum atomic E-state index is 7.11. The Kier molecular flexibility index (Phi) is 6.93. The molecule has 1 heterocycles. The van der Waals surface area contributed by atoms with Gasteiger partial charge in [-0.3, -0.25) is 0 Å². The molecular formula is C53H37NO. The van der Waals surface area contributed by atoms with E-state index in [2.05, 4.69) is 207 Å². The molecule has 0 unspecified atom stereocenters. The van der Waals surface area contributed by atoms with Crippen LogP contribution in [0.3, 0.4) is 0 Å². The van der Waals surface area contributed by atoms with Crippen molar-refractivity contribution < 1.29 is 4.42 Å². The number of fused-ring (bicyclic) bond motifs is 9. The van der Waals surface area contributed by atoms with Crippen LogP contribution >= 0.6 is 0 Å². The van der Waals surface area contributed by atoms with Crippen LogP contribution < -0.4 is 4.90 Å². The molecule has 2 nitrogen and oxygen atoms in total. The largest absolute Gasteiger partial charge is 0.455 e. The molecule has 0 saturated heterocycles. The molecule has 0 bridgehead atoms. The number of benzene rings is 9. The van der Waals surface area contributed by atoms with Gasteiger partial charge in [-0.05, 0) is 91.5 Å². The predicted molar refractivity (Wildman–Crippen MR) is 232 cm³/mol. The highest BCUT2D eigenvalue weighted by atomic mass is 16.3. The number of hydrogen-bond acceptors (Lipinski definition) is 2. The van der Waals surface area contributed by atoms with E-state index in [9.17, 15) is 0 Å². The molecule has 0 atom stereocenters. The van der Waals surface area contributed by atoms with Gasteiger partial charge in [0.15, 0.2) is 0 Å². The van der Waals surface area contributed by atoms with E-state index in [1.54, 1.807) is 0 Å². The molecule has 9 aromatic carbocycles. The lowest BCUT2D eigenvalue weighted by Crippen LogP contribution is -2.16. The molecule has 1 aromatic heterocycles. The van der Waals surface area contributed by atoms with Crippen molar-refractivity contribution in [2.45, 2.75) is 19.3 Å². The summed E-state index contributed by atoms with van der Waals surface area (Å²) in [5.74, 6) is 0. The summed E-state index contributed by atoms with van der Waals surface area (Å²) in [4.78, 5) is 2.47. The first-order valence-corrected chi connectivity index (χ1v) is 19.1. The average molecular weight is 704 g/mol. The molecule has 0 N–H and O–H groups in total. The number of hydrogen-bond donors (Lipinski definition) is 0. The van der Waals surface area contributed by atoms with Crippen LogP contribution in [-0.4, -0.2) is 0 Å². The SMILES string of the molecule is CC1(C)c2ccccc2-c2ccc(N(c3cccc4ccccc34)c3cccc4oc5c(-c6ccccc6-c6ccccc6)cc6ccccc6c5c34)cc21. The number of anilines is 3. The van der Waals surface area contributed by atoms with Crippen molar-refractivity contribution in [2.75, 3.05) is 4.90 Å². The number of furan rings is 1. The van der Waals surface area contributed by atoms with Crippen molar-refractivity contribution in [1.82, 2.24) is 0 Å². The molecule has 0 saturated carbocycles. The van der Waals surface area contributed by atoms with Crippen molar-refractivity contribution in [3.05, 3.63) is 199 Å². The van der Waals surface area contributed by atoms with Gasteiger partial charge in [0.25, 0.3) is 0 Å². The summed E-state index contributed by atoms with van der Waals surface area (Å²) in [6.07, 6.45) is 0. The molecule has 1 aliphatic carbocycles. The van der Waals surface area contributed by atoms with Crippen molar-refractivity contribution in [1.29, 1.82) is 0 Å². The predicted octanol–water partition coefficient (Wildman–Crippen LogP) is 15.0. The smallest absolute Gasteiger partial charge is 0.143 e. The standard InChI is InChI=1S/C53H37NO/c1-53(2)45-26-13-12-25-42(45)43-31-30-37(33-46(43)53)54(47-27-14-20-35-18-6-8-22-39(35)47)48-28-15-29-49-51(48)50-40-23-9-7-19-36(40)32-44(52(50)55-49)41-24-11-10-21-38(41)34-16-4-3-5-17-34/h3-33H,1-2H3. The van der Waals surface area contributed by atoms with Gasteiger partial charge in [-0.2, -0.15) is 0 Å². The first-order chi connectivity index (χ1) is 27.1. The molecule has 1 aliphatic rings. The Morgan fingerprint density at radius 1 is 0.418 bits per heavy atom. The topological polar surface area (TPSA) is 16.4 Å². The van der Waals surface area contributed by atoms with Gasteiger partial charge < -0.3 is 9.32 Å². The van der Waals surface area contributed by atoms with Gasteiger partial charge >= 0.3 is 0 Å². The Hall–Kier alpha value is -6.90. The first kappa shape index (κ1) is 31.6. The maximum Gasteiger partial charge on any atom is 0.143 e. The number of rotatable bonds is 5. The summed E-state index contributed by atoms with van der Waals surface area (Å²) in [5, 5.41) is 6.98. The van der Waals surface area contributed by atoms with Crippen LogP contribution in [0.2, 0.25) is 0 Å². The highest BCUT2D eigenvalue weighted by Crippen LogP contribution is 2.53. The van der Waals surface area contributed by atoms with Crippen LogP contribution in [0.25, 0.3) is 76.9 Å². The molecule has 55 heavy (non-hydrogen) atoms. The molecule has 0 amide bonds. The third kappa shape index (κ3) is 4.74. The summed E-state index contributed by atoms with van der Waals surface area (Å²) in [6.45, 7) is 4.71. The minimum atomic E-state index is -0.141. The minimum absolute atomic E-state index is 0.141. The Morgan fingerprint density at radius 2 is 1.05 bits per heavy atom. The molecule has 11 rings (SSSR count). The van der Waals surface area contributed by atoms with E-state index >= 15 is 0 Å². The Morgan fingerprint density at radius 3 is 1.91 bits per heavy atom. The summed E-state index contributed by atoms with van der Waals surface area (Å²) in [6, 6.07) is 68.3. The molecule has 2 heteroatoms. The summed E-state index contributed by atoms with van der Waals surface area (Å²) >= 11 is 0.